The van der Waals surface area contributed by atoms with E-state index >= 15 is 0 Å². The fourth-order valence-electron chi connectivity index (χ4n) is 6.58. The van der Waals surface area contributed by atoms with Crippen LogP contribution < -0.4 is 5.32 Å². The third-order valence-corrected chi connectivity index (χ3v) is 8.70. The fraction of sp³-hybridized carbons (Fsp3) is 0.421. The molecule has 0 radical (unpaired) electrons. The normalized spacial score (nSPS) is 26.0. The molecule has 2 aromatic rings. The molecule has 1 aliphatic carbocycles. The predicted octanol–water partition coefficient (Wildman–Crippen LogP) is 3.76. The number of hydrogen-bond donors (Lipinski definition) is 1. The zero-order chi connectivity index (χ0) is 38.2. The summed E-state index contributed by atoms with van der Waals surface area (Å²) in [6.45, 7) is 5.17. The second kappa shape index (κ2) is 17.3. The lowest BCUT2D eigenvalue weighted by molar-refractivity contribution is -0.342. The molecule has 1 amide bonds. The van der Waals surface area contributed by atoms with Crippen LogP contribution in [0, 0.1) is 11.8 Å². The van der Waals surface area contributed by atoms with Crippen LogP contribution in [0.3, 0.4) is 0 Å². The van der Waals surface area contributed by atoms with Gasteiger partial charge in [0.05, 0.1) is 17.8 Å². The van der Waals surface area contributed by atoms with Crippen LogP contribution in [0.25, 0.3) is 11.1 Å². The lowest BCUT2D eigenvalue weighted by Gasteiger charge is -2.45. The summed E-state index contributed by atoms with van der Waals surface area (Å²) in [6.07, 6.45) is -4.97. The third-order valence-electron chi connectivity index (χ3n) is 8.70. The Morgan fingerprint density at radius 2 is 1.34 bits per heavy atom. The summed E-state index contributed by atoms with van der Waals surface area (Å²) < 4.78 is 45.6. The van der Waals surface area contributed by atoms with Gasteiger partial charge in [-0.2, -0.15) is 0 Å². The highest BCUT2D eigenvalue weighted by Gasteiger charge is 2.55. The first-order valence-electron chi connectivity index (χ1n) is 16.9. The van der Waals surface area contributed by atoms with Crippen LogP contribution in [-0.2, 0) is 66.7 Å². The molecular weight excluding hydrogens is 694 g/mol. The molecular formula is C38H41NO14. The van der Waals surface area contributed by atoms with E-state index in [-0.39, 0.29) is 12.2 Å². The molecule has 8 atom stereocenters. The molecule has 0 unspecified atom stereocenters. The number of ether oxygens (including phenoxy) is 8. The van der Waals surface area contributed by atoms with E-state index in [0.717, 1.165) is 38.8 Å². The van der Waals surface area contributed by atoms with Gasteiger partial charge in [-0.25, -0.2) is 0 Å². The third kappa shape index (κ3) is 9.67. The van der Waals surface area contributed by atoms with E-state index in [1.54, 1.807) is 6.07 Å². The summed E-state index contributed by atoms with van der Waals surface area (Å²) in [5.74, 6) is -5.30. The second-order valence-corrected chi connectivity index (χ2v) is 12.6. The smallest absolute Gasteiger partial charge is 0.303 e. The number of anilines is 1. The Labute approximate surface area is 305 Å². The van der Waals surface area contributed by atoms with Crippen LogP contribution in [-0.4, -0.2) is 86.0 Å². The Bertz CT molecular complexity index is 1770. The maximum atomic E-state index is 14.0. The number of para-hydroxylation sites is 1. The summed E-state index contributed by atoms with van der Waals surface area (Å²) in [5.41, 5.74) is 3.15. The van der Waals surface area contributed by atoms with Crippen molar-refractivity contribution in [3.05, 3.63) is 78.1 Å². The van der Waals surface area contributed by atoms with E-state index in [1.165, 1.54) is 13.2 Å². The number of rotatable bonds is 12. The van der Waals surface area contributed by atoms with Crippen molar-refractivity contribution >= 4 is 41.4 Å². The van der Waals surface area contributed by atoms with Gasteiger partial charge in [0.15, 0.2) is 18.3 Å². The first-order valence-corrected chi connectivity index (χ1v) is 16.9. The van der Waals surface area contributed by atoms with Crippen molar-refractivity contribution in [3.8, 4) is 11.1 Å². The van der Waals surface area contributed by atoms with E-state index in [0.29, 0.717) is 17.7 Å². The molecule has 0 aromatic heterocycles. The van der Waals surface area contributed by atoms with E-state index < -0.39 is 91.2 Å². The number of nitrogens with one attached hydrogen (secondary N) is 1. The van der Waals surface area contributed by atoms with E-state index in [1.807, 2.05) is 54.6 Å². The van der Waals surface area contributed by atoms with Gasteiger partial charge in [0.25, 0.3) is 5.91 Å². The standard InChI is InChI=1S/C38H41NO14/c1-20(40)46-17-26-15-16-28-29(36(45)39-30-14-10-9-13-27(30)25-11-7-6-8-12-25)18-48-37(32(26)28)53-38-35(51-24(5)44)34(50-23(4)43)33(49-22(3)42)31(52-38)19-47-21(2)41/h6-15,18,28,31-35,37-38H,16-17,19H2,1-5H3,(H,39,45)/t28-,31-,32-,33-,34+,35-,37+,38+/m1/s1. The highest BCUT2D eigenvalue weighted by atomic mass is 16.8. The van der Waals surface area contributed by atoms with Crippen molar-refractivity contribution in [2.24, 2.45) is 11.8 Å². The number of benzene rings is 2. The van der Waals surface area contributed by atoms with Crippen molar-refractivity contribution < 1.29 is 66.7 Å². The predicted molar refractivity (Wildman–Crippen MR) is 183 cm³/mol. The maximum Gasteiger partial charge on any atom is 0.303 e. The Hall–Kier alpha value is -5.54. The van der Waals surface area contributed by atoms with E-state index in [9.17, 15) is 28.8 Å². The number of amides is 1. The molecule has 0 bridgehead atoms. The zero-order valence-electron chi connectivity index (χ0n) is 29.8. The van der Waals surface area contributed by atoms with Gasteiger partial charge in [0.1, 0.15) is 19.3 Å². The minimum atomic E-state index is -1.56. The molecule has 5 rings (SSSR count). The van der Waals surface area contributed by atoms with Gasteiger partial charge in [0, 0.05) is 51.8 Å². The first kappa shape index (κ1) is 38.7. The SMILES string of the molecule is CC(=O)OCC1=CC[C@@H]2C(C(=O)Nc3ccccc3-c3ccccc3)=CO[C@@H](O[C@@H]3O[C@H](COC(C)=O)[C@@H](OC(C)=O)[C@H](OC(C)=O)[C@H]3OC(C)=O)[C@H]12. The van der Waals surface area contributed by atoms with Crippen molar-refractivity contribution in [3.63, 3.8) is 0 Å². The fourth-order valence-corrected chi connectivity index (χ4v) is 6.58. The van der Waals surface area contributed by atoms with Gasteiger partial charge in [-0.1, -0.05) is 54.6 Å². The molecule has 2 heterocycles. The Kier molecular flexibility index (Phi) is 12.6. The largest absolute Gasteiger partial charge is 0.471 e. The van der Waals surface area contributed by atoms with E-state index in [4.69, 9.17) is 37.9 Å². The van der Waals surface area contributed by atoms with Crippen molar-refractivity contribution in [1.82, 2.24) is 0 Å². The van der Waals surface area contributed by atoms with Crippen molar-refractivity contribution in [2.45, 2.75) is 78.0 Å². The van der Waals surface area contributed by atoms with Gasteiger partial charge in [-0.3, -0.25) is 28.8 Å². The molecule has 53 heavy (non-hydrogen) atoms. The van der Waals surface area contributed by atoms with Crippen LogP contribution in [0.5, 0.6) is 0 Å². The van der Waals surface area contributed by atoms with Crippen LogP contribution in [0.4, 0.5) is 5.69 Å². The zero-order valence-corrected chi connectivity index (χ0v) is 29.8. The quantitative estimate of drug-likeness (QED) is 0.189. The van der Waals surface area contributed by atoms with Crippen LogP contribution in [0.15, 0.2) is 78.1 Å². The number of fused-ring (bicyclic) bond motifs is 1. The summed E-state index contributed by atoms with van der Waals surface area (Å²) in [5, 5.41) is 3.00. The summed E-state index contributed by atoms with van der Waals surface area (Å²) >= 11 is 0. The second-order valence-electron chi connectivity index (χ2n) is 12.6. The molecule has 15 heteroatoms. The molecule has 0 spiro atoms. The highest BCUT2D eigenvalue weighted by molar-refractivity contribution is 6.06. The lowest BCUT2D eigenvalue weighted by Crippen LogP contribution is -2.63. The summed E-state index contributed by atoms with van der Waals surface area (Å²) in [7, 11) is 0. The molecule has 2 aromatic carbocycles. The van der Waals surface area contributed by atoms with Gasteiger partial charge in [-0.05, 0) is 23.6 Å². The van der Waals surface area contributed by atoms with Gasteiger partial charge < -0.3 is 43.2 Å². The van der Waals surface area contributed by atoms with Crippen LogP contribution >= 0.6 is 0 Å². The van der Waals surface area contributed by atoms with Gasteiger partial charge >= 0.3 is 29.8 Å². The van der Waals surface area contributed by atoms with E-state index in [2.05, 4.69) is 5.32 Å². The monoisotopic (exact) mass is 735 g/mol. The highest BCUT2D eigenvalue weighted by Crippen LogP contribution is 2.45. The number of carbonyl (C=O) groups is 6. The summed E-state index contributed by atoms with van der Waals surface area (Å²) in [4.78, 5) is 74.4. The molecule has 15 nitrogen and oxygen atoms in total. The molecule has 282 valence electrons. The van der Waals surface area contributed by atoms with Gasteiger partial charge in [-0.15, -0.1) is 0 Å². The Morgan fingerprint density at radius 1 is 0.717 bits per heavy atom. The number of hydrogen-bond acceptors (Lipinski definition) is 14. The average molecular weight is 736 g/mol. The average Bonchev–Trinajstić information content (AvgIpc) is 3.53. The number of allylic oxidation sites excluding steroid dienone is 1. The number of carbonyl (C=O) groups excluding carboxylic acids is 6. The van der Waals surface area contributed by atoms with Crippen molar-refractivity contribution in [2.75, 3.05) is 18.5 Å². The Morgan fingerprint density at radius 3 is 2.00 bits per heavy atom. The summed E-state index contributed by atoms with van der Waals surface area (Å²) in [6, 6.07) is 16.9. The van der Waals surface area contributed by atoms with Crippen LogP contribution in [0.1, 0.15) is 41.0 Å². The maximum absolute atomic E-state index is 14.0. The minimum Gasteiger partial charge on any atom is -0.471 e. The van der Waals surface area contributed by atoms with Gasteiger partial charge in [0.2, 0.25) is 12.6 Å². The molecule has 2 aliphatic heterocycles. The van der Waals surface area contributed by atoms with Crippen LogP contribution in [0.2, 0.25) is 0 Å². The lowest BCUT2D eigenvalue weighted by atomic mass is 9.83. The van der Waals surface area contributed by atoms with Crippen molar-refractivity contribution in [1.29, 1.82) is 0 Å². The minimum absolute atomic E-state index is 0.135. The molecule has 3 aliphatic rings. The molecule has 1 N–H and O–H groups in total. The molecule has 1 saturated heterocycles. The molecule has 1 fully saturated rings. The first-order chi connectivity index (χ1) is 25.3. The Balaban J connectivity index is 1.48. The number of esters is 5. The topological polar surface area (TPSA) is 188 Å². The molecule has 0 saturated carbocycles.